The van der Waals surface area contributed by atoms with Gasteiger partial charge in [0.2, 0.25) is 0 Å². The molecule has 0 aromatic rings. The lowest BCUT2D eigenvalue weighted by atomic mass is 9.87. The molecule has 3 unspecified atom stereocenters. The molecular weight excluding hydrogens is 269 g/mol. The van der Waals surface area contributed by atoms with Crippen molar-refractivity contribution in [3.63, 3.8) is 0 Å². The molecule has 0 bridgehead atoms. The van der Waals surface area contributed by atoms with E-state index < -0.39 is 0 Å². The number of thioether (sulfide) groups is 1. The Morgan fingerprint density at radius 2 is 2.36 bits per heavy atom. The molecule has 2 aliphatic rings. The maximum absolute atomic E-state index is 4.63. The molecule has 1 saturated carbocycles. The average molecular weight is 281 g/mol. The molecule has 1 fully saturated rings. The second-order valence-electron chi connectivity index (χ2n) is 3.44. The van der Waals surface area contributed by atoms with Gasteiger partial charge in [-0.25, -0.2) is 0 Å². The van der Waals surface area contributed by atoms with Gasteiger partial charge in [0.25, 0.3) is 0 Å². The van der Waals surface area contributed by atoms with Crippen LogP contribution in [0.2, 0.25) is 0 Å². The highest BCUT2D eigenvalue weighted by atomic mass is 127. The Labute approximate surface area is 85.6 Å². The van der Waals surface area contributed by atoms with E-state index >= 15 is 0 Å². The fraction of sp³-hybridized carbons (Fsp3) is 0.875. The molecule has 2 rings (SSSR count). The summed E-state index contributed by atoms with van der Waals surface area (Å²) in [5, 5.41) is 0.815. The molecule has 1 aliphatic carbocycles. The molecule has 3 heteroatoms. The van der Waals surface area contributed by atoms with Crippen molar-refractivity contribution in [2.24, 2.45) is 10.9 Å². The van der Waals surface area contributed by atoms with Crippen LogP contribution in [0.3, 0.4) is 0 Å². The highest BCUT2D eigenvalue weighted by Gasteiger charge is 2.35. The summed E-state index contributed by atoms with van der Waals surface area (Å²) in [6.45, 7) is 2.37. The van der Waals surface area contributed by atoms with Crippen LogP contribution in [0.25, 0.3) is 0 Å². The Morgan fingerprint density at radius 1 is 1.55 bits per heavy atom. The summed E-state index contributed by atoms with van der Waals surface area (Å²) in [4.78, 5) is 4.63. The summed E-state index contributed by atoms with van der Waals surface area (Å²) in [5.74, 6) is 0.884. The van der Waals surface area contributed by atoms with Crippen LogP contribution in [-0.2, 0) is 0 Å². The maximum Gasteiger partial charge on any atom is 0.129 e. The van der Waals surface area contributed by atoms with Gasteiger partial charge in [0.15, 0.2) is 0 Å². The van der Waals surface area contributed by atoms with Crippen molar-refractivity contribution in [1.82, 2.24) is 0 Å². The third-order valence-corrected chi connectivity index (χ3v) is 4.99. The van der Waals surface area contributed by atoms with E-state index in [2.05, 4.69) is 34.5 Å². The summed E-state index contributed by atoms with van der Waals surface area (Å²) in [5.41, 5.74) is 0. The minimum atomic E-state index is 0.663. The summed E-state index contributed by atoms with van der Waals surface area (Å²) in [6, 6.07) is 0.663. The number of nitrogens with zero attached hydrogens (tertiary/aromatic N) is 1. The Kier molecular flexibility index (Phi) is 2.46. The van der Waals surface area contributed by atoms with E-state index in [1.807, 2.05) is 11.8 Å². The van der Waals surface area contributed by atoms with Gasteiger partial charge < -0.3 is 0 Å². The molecule has 1 aliphatic heterocycles. The van der Waals surface area contributed by atoms with Gasteiger partial charge in [-0.3, -0.25) is 4.99 Å². The van der Waals surface area contributed by atoms with Crippen molar-refractivity contribution in [3.8, 4) is 0 Å². The van der Waals surface area contributed by atoms with Crippen LogP contribution in [0.5, 0.6) is 0 Å². The molecular formula is C8H12INS. The van der Waals surface area contributed by atoms with E-state index in [0.29, 0.717) is 6.04 Å². The van der Waals surface area contributed by atoms with Crippen LogP contribution in [0.1, 0.15) is 26.2 Å². The van der Waals surface area contributed by atoms with Crippen LogP contribution in [0.15, 0.2) is 4.99 Å². The maximum atomic E-state index is 4.63. The molecule has 0 spiro atoms. The van der Waals surface area contributed by atoms with Crippen LogP contribution >= 0.6 is 34.4 Å². The smallest absolute Gasteiger partial charge is 0.129 e. The highest BCUT2D eigenvalue weighted by molar-refractivity contribution is 14.1. The van der Waals surface area contributed by atoms with E-state index in [1.54, 1.807) is 0 Å². The molecule has 1 nitrogen and oxygen atoms in total. The number of aliphatic imine (C=N–C) groups is 1. The SMILES string of the molecule is CC1CCCC2N=C(I)SC12. The van der Waals surface area contributed by atoms with Gasteiger partial charge in [-0.2, -0.15) is 0 Å². The van der Waals surface area contributed by atoms with Crippen LogP contribution < -0.4 is 0 Å². The number of fused-ring (bicyclic) bond motifs is 1. The first-order chi connectivity index (χ1) is 5.27. The number of rotatable bonds is 0. The molecule has 0 aromatic heterocycles. The summed E-state index contributed by atoms with van der Waals surface area (Å²) >= 11 is 4.35. The van der Waals surface area contributed by atoms with Crippen molar-refractivity contribution in [2.75, 3.05) is 0 Å². The molecule has 11 heavy (non-hydrogen) atoms. The monoisotopic (exact) mass is 281 g/mol. The second kappa shape index (κ2) is 3.24. The largest absolute Gasteiger partial charge is 0.268 e. The summed E-state index contributed by atoms with van der Waals surface area (Å²) in [6.07, 6.45) is 4.12. The van der Waals surface area contributed by atoms with Gasteiger partial charge >= 0.3 is 0 Å². The fourth-order valence-electron chi connectivity index (χ4n) is 1.96. The Morgan fingerprint density at radius 3 is 3.09 bits per heavy atom. The zero-order valence-electron chi connectivity index (χ0n) is 6.59. The zero-order valence-corrected chi connectivity index (χ0v) is 9.56. The van der Waals surface area contributed by atoms with Crippen LogP contribution in [-0.4, -0.2) is 14.3 Å². The average Bonchev–Trinajstić information content (AvgIpc) is 2.31. The third-order valence-electron chi connectivity index (χ3n) is 2.60. The van der Waals surface area contributed by atoms with Crippen molar-refractivity contribution in [2.45, 2.75) is 37.5 Å². The molecule has 3 atom stereocenters. The standard InChI is InChI=1S/C8H12INS/c1-5-3-2-4-6-7(5)11-8(9)10-6/h5-7H,2-4H2,1H3. The Balaban J connectivity index is 2.10. The van der Waals surface area contributed by atoms with Gasteiger partial charge in [-0.15, -0.1) is 0 Å². The Bertz CT molecular complexity index is 193. The van der Waals surface area contributed by atoms with E-state index in [1.165, 1.54) is 22.3 Å². The van der Waals surface area contributed by atoms with Crippen LogP contribution in [0.4, 0.5) is 0 Å². The lowest BCUT2D eigenvalue weighted by molar-refractivity contribution is 0.363. The molecule has 0 saturated heterocycles. The summed E-state index contributed by atoms with van der Waals surface area (Å²) in [7, 11) is 0. The number of hydrogen-bond acceptors (Lipinski definition) is 2. The lowest BCUT2D eigenvalue weighted by Crippen LogP contribution is -2.29. The first-order valence-corrected chi connectivity index (χ1v) is 6.13. The van der Waals surface area contributed by atoms with Crippen LogP contribution in [0, 0.1) is 5.92 Å². The highest BCUT2D eigenvalue weighted by Crippen LogP contribution is 2.41. The predicted octanol–water partition coefficient (Wildman–Crippen LogP) is 3.08. The van der Waals surface area contributed by atoms with E-state index in [-0.39, 0.29) is 0 Å². The van der Waals surface area contributed by atoms with Gasteiger partial charge in [-0.05, 0) is 41.4 Å². The molecule has 62 valence electrons. The molecule has 0 amide bonds. The van der Waals surface area contributed by atoms with E-state index in [4.69, 9.17) is 0 Å². The first kappa shape index (κ1) is 8.35. The normalized spacial score (nSPS) is 43.5. The minimum Gasteiger partial charge on any atom is -0.268 e. The van der Waals surface area contributed by atoms with Gasteiger partial charge in [0, 0.05) is 5.25 Å². The quantitative estimate of drug-likeness (QED) is 0.622. The van der Waals surface area contributed by atoms with Crippen molar-refractivity contribution in [1.29, 1.82) is 0 Å². The fourth-order valence-corrected chi connectivity index (χ4v) is 4.34. The topological polar surface area (TPSA) is 12.4 Å². The predicted molar refractivity (Wildman–Crippen MR) is 59.6 cm³/mol. The second-order valence-corrected chi connectivity index (χ2v) is 6.36. The zero-order chi connectivity index (χ0) is 7.84. The minimum absolute atomic E-state index is 0.663. The lowest BCUT2D eigenvalue weighted by Gasteiger charge is -2.28. The van der Waals surface area contributed by atoms with Crippen molar-refractivity contribution in [3.05, 3.63) is 0 Å². The molecule has 0 N–H and O–H groups in total. The van der Waals surface area contributed by atoms with Crippen molar-refractivity contribution >= 4 is 37.4 Å². The Hall–Kier alpha value is 0.750. The third kappa shape index (κ3) is 1.59. The van der Waals surface area contributed by atoms with Crippen molar-refractivity contribution < 1.29 is 0 Å². The first-order valence-electron chi connectivity index (χ1n) is 4.17. The number of hydrogen-bond donors (Lipinski definition) is 0. The molecule has 1 heterocycles. The van der Waals surface area contributed by atoms with E-state index in [0.717, 1.165) is 11.2 Å². The number of halogens is 1. The summed E-state index contributed by atoms with van der Waals surface area (Å²) < 4.78 is 1.28. The van der Waals surface area contributed by atoms with E-state index in [9.17, 15) is 0 Å². The van der Waals surface area contributed by atoms with Gasteiger partial charge in [0.1, 0.15) is 3.05 Å². The molecule has 0 radical (unpaired) electrons. The van der Waals surface area contributed by atoms with Gasteiger partial charge in [0.05, 0.1) is 6.04 Å². The molecule has 0 aromatic carbocycles. The van der Waals surface area contributed by atoms with Gasteiger partial charge in [-0.1, -0.05) is 25.1 Å².